The molecule has 0 aromatic carbocycles. The number of hydrogen-bond acceptors (Lipinski definition) is 3. The van der Waals surface area contributed by atoms with Gasteiger partial charge in [0.05, 0.1) is 5.92 Å². The lowest BCUT2D eigenvalue weighted by Crippen LogP contribution is -2.55. The molecule has 0 N–H and O–H groups in total. The number of aromatic nitrogens is 1. The highest BCUT2D eigenvalue weighted by Crippen LogP contribution is 2.32. The Labute approximate surface area is 126 Å². The van der Waals surface area contributed by atoms with Crippen LogP contribution in [-0.2, 0) is 11.0 Å². The van der Waals surface area contributed by atoms with E-state index in [9.17, 15) is 18.0 Å². The number of likely N-dealkylation sites (tertiary alicyclic amines) is 1. The maximum absolute atomic E-state index is 12.7. The lowest BCUT2D eigenvalue weighted by Gasteiger charge is -2.42. The van der Waals surface area contributed by atoms with E-state index in [1.54, 1.807) is 11.0 Å². The average Bonchev–Trinajstić information content (AvgIpc) is 2.46. The van der Waals surface area contributed by atoms with Crippen LogP contribution in [0, 0.1) is 5.92 Å². The molecular weight excluding hydrogens is 295 g/mol. The molecule has 4 nitrogen and oxygen atoms in total. The van der Waals surface area contributed by atoms with Gasteiger partial charge in [-0.25, -0.2) is 0 Å². The minimum Gasteiger partial charge on any atom is -0.370 e. The summed E-state index contributed by atoms with van der Waals surface area (Å²) < 4.78 is 38.0. The number of amides is 1. The summed E-state index contributed by atoms with van der Waals surface area (Å²) >= 11 is 0. The molecule has 0 unspecified atom stereocenters. The average molecular weight is 313 g/mol. The summed E-state index contributed by atoms with van der Waals surface area (Å²) in [6.07, 6.45) is -0.0252. The summed E-state index contributed by atoms with van der Waals surface area (Å²) in [5.41, 5.74) is -0.416. The third-order valence-corrected chi connectivity index (χ3v) is 4.30. The fourth-order valence-electron chi connectivity index (χ4n) is 2.99. The van der Waals surface area contributed by atoms with Gasteiger partial charge in [-0.05, 0) is 31.4 Å². The number of rotatable bonds is 2. The van der Waals surface area contributed by atoms with Crippen LogP contribution in [0.2, 0.25) is 0 Å². The number of carbonyl (C=O) groups excluding carboxylic acids is 1. The van der Waals surface area contributed by atoms with Gasteiger partial charge in [0.1, 0.15) is 5.69 Å². The summed E-state index contributed by atoms with van der Waals surface area (Å²) in [4.78, 5) is 19.3. The predicted molar refractivity (Wildman–Crippen MR) is 75.4 cm³/mol. The van der Waals surface area contributed by atoms with Gasteiger partial charge in [-0.15, -0.1) is 0 Å². The van der Waals surface area contributed by atoms with Gasteiger partial charge in [0, 0.05) is 38.1 Å². The maximum atomic E-state index is 12.7. The molecule has 1 aromatic rings. The molecule has 120 valence electrons. The third-order valence-electron chi connectivity index (χ3n) is 4.30. The second-order valence-electron chi connectivity index (χ2n) is 5.88. The first-order chi connectivity index (χ1) is 10.4. The minimum atomic E-state index is -4.44. The van der Waals surface area contributed by atoms with Crippen molar-refractivity contribution in [3.8, 4) is 0 Å². The van der Waals surface area contributed by atoms with E-state index in [-0.39, 0.29) is 11.8 Å². The number of carbonyl (C=O) groups is 1. The van der Waals surface area contributed by atoms with Crippen molar-refractivity contribution in [3.63, 3.8) is 0 Å². The zero-order valence-corrected chi connectivity index (χ0v) is 12.1. The summed E-state index contributed by atoms with van der Waals surface area (Å²) in [7, 11) is 0. The number of nitrogens with zero attached hydrogens (tertiary/aromatic N) is 3. The van der Waals surface area contributed by atoms with Crippen molar-refractivity contribution < 1.29 is 18.0 Å². The normalized spacial score (nSPS) is 20.0. The number of hydrogen-bond donors (Lipinski definition) is 0. The Morgan fingerprint density at radius 2 is 1.86 bits per heavy atom. The molecule has 2 fully saturated rings. The van der Waals surface area contributed by atoms with Gasteiger partial charge in [0.2, 0.25) is 5.91 Å². The largest absolute Gasteiger partial charge is 0.433 e. The van der Waals surface area contributed by atoms with E-state index >= 15 is 0 Å². The van der Waals surface area contributed by atoms with Crippen molar-refractivity contribution in [2.75, 3.05) is 31.1 Å². The predicted octanol–water partition coefficient (Wildman–Crippen LogP) is 2.55. The Morgan fingerprint density at radius 1 is 1.18 bits per heavy atom. The fraction of sp³-hybridized carbons (Fsp3) is 0.600. The second kappa shape index (κ2) is 5.78. The highest BCUT2D eigenvalue weighted by molar-refractivity contribution is 5.82. The van der Waals surface area contributed by atoms with E-state index in [0.717, 1.165) is 44.6 Å². The van der Waals surface area contributed by atoms with Crippen LogP contribution in [0.15, 0.2) is 18.3 Å². The van der Waals surface area contributed by atoms with Gasteiger partial charge >= 0.3 is 6.18 Å². The topological polar surface area (TPSA) is 36.4 Å². The highest BCUT2D eigenvalue weighted by Gasteiger charge is 2.37. The van der Waals surface area contributed by atoms with Gasteiger partial charge < -0.3 is 9.80 Å². The SMILES string of the molecule is O=C(C1CN(c2ccnc(C(F)(F)F)c2)C1)N1CCCCC1. The smallest absolute Gasteiger partial charge is 0.370 e. The van der Waals surface area contributed by atoms with Crippen molar-refractivity contribution >= 4 is 11.6 Å². The quantitative estimate of drug-likeness (QED) is 0.842. The van der Waals surface area contributed by atoms with Crippen LogP contribution in [0.25, 0.3) is 0 Å². The third kappa shape index (κ3) is 3.03. The molecule has 2 saturated heterocycles. The van der Waals surface area contributed by atoms with Crippen molar-refractivity contribution in [1.82, 2.24) is 9.88 Å². The molecule has 0 bridgehead atoms. The molecule has 0 atom stereocenters. The first-order valence-corrected chi connectivity index (χ1v) is 7.52. The molecule has 2 aliphatic heterocycles. The Kier molecular flexibility index (Phi) is 3.97. The van der Waals surface area contributed by atoms with Crippen LogP contribution in [0.3, 0.4) is 0 Å². The highest BCUT2D eigenvalue weighted by atomic mass is 19.4. The first-order valence-electron chi connectivity index (χ1n) is 7.52. The molecular formula is C15H18F3N3O. The fourth-order valence-corrected chi connectivity index (χ4v) is 2.99. The first kappa shape index (κ1) is 15.1. The Balaban J connectivity index is 1.60. The number of halogens is 3. The summed E-state index contributed by atoms with van der Waals surface area (Å²) in [6.45, 7) is 2.58. The zero-order valence-electron chi connectivity index (χ0n) is 12.1. The number of alkyl halides is 3. The van der Waals surface area contributed by atoms with Crippen molar-refractivity contribution in [1.29, 1.82) is 0 Å². The van der Waals surface area contributed by atoms with E-state index in [4.69, 9.17) is 0 Å². The molecule has 1 amide bonds. The van der Waals surface area contributed by atoms with Crippen molar-refractivity contribution in [3.05, 3.63) is 24.0 Å². The van der Waals surface area contributed by atoms with Crippen LogP contribution in [0.5, 0.6) is 0 Å². The number of piperidine rings is 1. The summed E-state index contributed by atoms with van der Waals surface area (Å²) in [5, 5.41) is 0. The van der Waals surface area contributed by atoms with Gasteiger partial charge in [0.25, 0.3) is 0 Å². The molecule has 0 radical (unpaired) electrons. The molecule has 0 aliphatic carbocycles. The van der Waals surface area contributed by atoms with Crippen molar-refractivity contribution in [2.45, 2.75) is 25.4 Å². The van der Waals surface area contributed by atoms with Gasteiger partial charge in [-0.3, -0.25) is 9.78 Å². The van der Waals surface area contributed by atoms with Crippen LogP contribution in [0.4, 0.5) is 18.9 Å². The lowest BCUT2D eigenvalue weighted by atomic mass is 9.96. The number of anilines is 1. The lowest BCUT2D eigenvalue weighted by molar-refractivity contribution is -0.141. The van der Waals surface area contributed by atoms with Crippen LogP contribution < -0.4 is 4.90 Å². The Bertz CT molecular complexity index is 549. The second-order valence-corrected chi connectivity index (χ2v) is 5.88. The molecule has 7 heteroatoms. The molecule has 0 spiro atoms. The molecule has 1 aromatic heterocycles. The van der Waals surface area contributed by atoms with Gasteiger partial charge in [-0.1, -0.05) is 0 Å². The zero-order chi connectivity index (χ0) is 15.7. The van der Waals surface area contributed by atoms with E-state index in [1.807, 2.05) is 4.90 Å². The summed E-state index contributed by atoms with van der Waals surface area (Å²) in [5.74, 6) is 0.0432. The Hall–Kier alpha value is -1.79. The number of pyridine rings is 1. The van der Waals surface area contributed by atoms with Crippen molar-refractivity contribution in [2.24, 2.45) is 5.92 Å². The van der Waals surface area contributed by atoms with E-state index in [1.165, 1.54) is 0 Å². The van der Waals surface area contributed by atoms with E-state index in [0.29, 0.717) is 18.8 Å². The standard InChI is InChI=1S/C15H18F3N3O/c16-15(17,18)13-8-12(4-5-19-13)21-9-11(10-21)14(22)20-6-2-1-3-7-20/h4-5,8,11H,1-3,6-7,9-10H2. The van der Waals surface area contributed by atoms with Crippen LogP contribution in [0.1, 0.15) is 25.0 Å². The van der Waals surface area contributed by atoms with Crippen LogP contribution >= 0.6 is 0 Å². The minimum absolute atomic E-state index is 0.0967. The molecule has 3 heterocycles. The van der Waals surface area contributed by atoms with E-state index < -0.39 is 11.9 Å². The van der Waals surface area contributed by atoms with Gasteiger partial charge in [-0.2, -0.15) is 13.2 Å². The molecule has 2 aliphatic rings. The van der Waals surface area contributed by atoms with Gasteiger partial charge in [0.15, 0.2) is 0 Å². The molecule has 22 heavy (non-hydrogen) atoms. The van der Waals surface area contributed by atoms with Crippen LogP contribution in [-0.4, -0.2) is 42.0 Å². The Morgan fingerprint density at radius 3 is 2.50 bits per heavy atom. The monoisotopic (exact) mass is 313 g/mol. The molecule has 3 rings (SSSR count). The summed E-state index contributed by atoms with van der Waals surface area (Å²) in [6, 6.07) is 2.60. The maximum Gasteiger partial charge on any atom is 0.433 e. The van der Waals surface area contributed by atoms with E-state index in [2.05, 4.69) is 4.98 Å². The molecule has 0 saturated carbocycles.